The molecule has 2 fully saturated rings. The lowest BCUT2D eigenvalue weighted by Gasteiger charge is -2.37. The molecule has 1 aromatic carbocycles. The first-order chi connectivity index (χ1) is 18.2. The summed E-state index contributed by atoms with van der Waals surface area (Å²) in [5.74, 6) is 2.17. The number of hydrogen-bond donors (Lipinski definition) is 5. The molecular formula is C29H39N7O2. The number of nitrogens with one attached hydrogen (secondary N) is 2. The second kappa shape index (κ2) is 9.63. The molecule has 202 valence electrons. The number of hydrogen-bond acceptors (Lipinski definition) is 7. The van der Waals surface area contributed by atoms with Crippen LogP contribution in [0.25, 0.3) is 22.1 Å². The third-order valence-electron chi connectivity index (χ3n) is 8.76. The number of aliphatic hydroxyl groups excluding tert-OH is 2. The Kier molecular flexibility index (Phi) is 6.40. The summed E-state index contributed by atoms with van der Waals surface area (Å²) in [5.41, 5.74) is 10.3. The number of nitrogen functional groups attached to an aromatic ring is 1. The predicted octanol–water partition coefficient (Wildman–Crippen LogP) is 3.47. The second-order valence-corrected chi connectivity index (χ2v) is 12.4. The summed E-state index contributed by atoms with van der Waals surface area (Å²) >= 11 is 0. The van der Waals surface area contributed by atoms with Gasteiger partial charge in [0.25, 0.3) is 0 Å². The molecule has 0 unspecified atom stereocenters. The van der Waals surface area contributed by atoms with Crippen molar-refractivity contribution in [1.29, 1.82) is 0 Å². The third kappa shape index (κ3) is 4.67. The Hall–Kier alpha value is -3.01. The summed E-state index contributed by atoms with van der Waals surface area (Å²) in [6.45, 7) is 7.39. The quantitative estimate of drug-likeness (QED) is 0.253. The minimum absolute atomic E-state index is 0.0146. The fourth-order valence-corrected chi connectivity index (χ4v) is 6.28. The Balaban J connectivity index is 0.984. The average molecular weight is 518 g/mol. The lowest BCUT2D eigenvalue weighted by molar-refractivity contribution is 0.00565. The number of nitrogens with two attached hydrogens (primary N) is 1. The van der Waals surface area contributed by atoms with E-state index in [-0.39, 0.29) is 17.4 Å². The van der Waals surface area contributed by atoms with Gasteiger partial charge in [-0.25, -0.2) is 15.0 Å². The van der Waals surface area contributed by atoms with Gasteiger partial charge in [-0.15, -0.1) is 0 Å². The Bertz CT molecular complexity index is 1430. The van der Waals surface area contributed by atoms with Gasteiger partial charge in [-0.2, -0.15) is 0 Å². The number of aromatic amines is 1. The molecule has 4 atom stereocenters. The highest BCUT2D eigenvalue weighted by molar-refractivity contribution is 5.86. The molecule has 4 aromatic rings. The molecule has 0 bridgehead atoms. The molecule has 9 nitrogen and oxygen atoms in total. The van der Waals surface area contributed by atoms with E-state index in [1.165, 1.54) is 11.9 Å². The van der Waals surface area contributed by atoms with Crippen LogP contribution in [0.3, 0.4) is 0 Å². The molecule has 3 heterocycles. The van der Waals surface area contributed by atoms with Crippen molar-refractivity contribution >= 4 is 27.9 Å². The van der Waals surface area contributed by atoms with Crippen molar-refractivity contribution < 1.29 is 10.2 Å². The van der Waals surface area contributed by atoms with E-state index in [4.69, 9.17) is 10.7 Å². The first-order valence-electron chi connectivity index (χ1n) is 13.8. The lowest BCUT2D eigenvalue weighted by atomic mass is 9.77. The number of aliphatic hydroxyl groups is 2. The second-order valence-electron chi connectivity index (χ2n) is 12.4. The number of benzene rings is 1. The number of H-pyrrole nitrogens is 1. The number of imidazole rings is 1. The van der Waals surface area contributed by atoms with E-state index in [1.54, 1.807) is 0 Å². The topological polar surface area (TPSA) is 138 Å². The summed E-state index contributed by atoms with van der Waals surface area (Å²) < 4.78 is 1.93. The van der Waals surface area contributed by atoms with Crippen molar-refractivity contribution in [2.24, 2.45) is 11.8 Å². The van der Waals surface area contributed by atoms with Crippen LogP contribution in [0, 0.1) is 11.8 Å². The Morgan fingerprint density at radius 2 is 1.92 bits per heavy atom. The Morgan fingerprint density at radius 3 is 2.71 bits per heavy atom. The van der Waals surface area contributed by atoms with Gasteiger partial charge in [0, 0.05) is 31.1 Å². The fourth-order valence-electron chi connectivity index (χ4n) is 6.28. The minimum Gasteiger partial charge on any atom is -0.390 e. The normalized spacial score (nSPS) is 27.8. The molecule has 0 saturated heterocycles. The number of aryl methyl sites for hydroxylation is 1. The van der Waals surface area contributed by atoms with Crippen LogP contribution in [0.2, 0.25) is 0 Å². The Morgan fingerprint density at radius 1 is 1.11 bits per heavy atom. The van der Waals surface area contributed by atoms with Crippen LogP contribution < -0.4 is 11.1 Å². The van der Waals surface area contributed by atoms with Gasteiger partial charge in [0.2, 0.25) is 0 Å². The summed E-state index contributed by atoms with van der Waals surface area (Å²) in [5, 5.41) is 26.0. The van der Waals surface area contributed by atoms with Gasteiger partial charge >= 0.3 is 0 Å². The van der Waals surface area contributed by atoms with Gasteiger partial charge in [-0.1, -0.05) is 26.8 Å². The molecule has 2 aliphatic rings. The van der Waals surface area contributed by atoms with Gasteiger partial charge < -0.3 is 30.8 Å². The van der Waals surface area contributed by atoms with Crippen molar-refractivity contribution in [3.05, 3.63) is 48.2 Å². The predicted molar refractivity (Wildman–Crippen MR) is 149 cm³/mol. The van der Waals surface area contributed by atoms with Gasteiger partial charge in [0.05, 0.1) is 28.6 Å². The number of fused-ring (bicyclic) bond motifs is 2. The molecule has 0 aliphatic heterocycles. The molecule has 38 heavy (non-hydrogen) atoms. The SMILES string of the molecule is CC(C)(C)c1ccc2nc(CCC3CC(NC[C@H]4C[C@@H](n5ccc6c(N)ncnc65)[C@H](O)[C@@H]4O)C3)[nH]c2c1. The molecule has 2 saturated carbocycles. The van der Waals surface area contributed by atoms with Crippen LogP contribution in [0.4, 0.5) is 5.82 Å². The Labute approximate surface area is 222 Å². The maximum atomic E-state index is 10.8. The molecule has 6 rings (SSSR count). The van der Waals surface area contributed by atoms with Crippen molar-refractivity contribution in [1.82, 2.24) is 29.8 Å². The largest absolute Gasteiger partial charge is 0.390 e. The summed E-state index contributed by atoms with van der Waals surface area (Å²) in [7, 11) is 0. The van der Waals surface area contributed by atoms with Crippen LogP contribution in [0.5, 0.6) is 0 Å². The summed E-state index contributed by atoms with van der Waals surface area (Å²) in [4.78, 5) is 16.7. The molecule has 2 aliphatic carbocycles. The number of rotatable bonds is 7. The van der Waals surface area contributed by atoms with Gasteiger partial charge in [-0.3, -0.25) is 0 Å². The third-order valence-corrected chi connectivity index (χ3v) is 8.76. The van der Waals surface area contributed by atoms with Crippen LogP contribution in [0.1, 0.15) is 63.9 Å². The zero-order chi connectivity index (χ0) is 26.6. The molecule has 0 radical (unpaired) electrons. The van der Waals surface area contributed by atoms with Crippen molar-refractivity contribution in [2.45, 2.75) is 82.6 Å². The van der Waals surface area contributed by atoms with E-state index in [0.29, 0.717) is 36.4 Å². The van der Waals surface area contributed by atoms with E-state index >= 15 is 0 Å². The molecule has 6 N–H and O–H groups in total. The molecule has 9 heteroatoms. The zero-order valence-corrected chi connectivity index (χ0v) is 22.4. The highest BCUT2D eigenvalue weighted by Crippen LogP contribution is 2.38. The lowest BCUT2D eigenvalue weighted by Crippen LogP contribution is -2.44. The summed E-state index contributed by atoms with van der Waals surface area (Å²) in [6, 6.07) is 8.64. The van der Waals surface area contributed by atoms with Gasteiger partial charge in [0.1, 0.15) is 29.7 Å². The van der Waals surface area contributed by atoms with E-state index < -0.39 is 12.2 Å². The monoisotopic (exact) mass is 517 g/mol. The van der Waals surface area contributed by atoms with Gasteiger partial charge in [0.15, 0.2) is 0 Å². The number of anilines is 1. The van der Waals surface area contributed by atoms with E-state index in [1.807, 2.05) is 16.8 Å². The van der Waals surface area contributed by atoms with Crippen molar-refractivity contribution in [2.75, 3.05) is 12.3 Å². The van der Waals surface area contributed by atoms with Gasteiger partial charge in [-0.05, 0) is 60.8 Å². The molecule has 0 amide bonds. The standard InChI is InChI=1S/C29H39N7O2/c1-29(2,3)18-5-6-21-22(13-18)35-24(34-21)7-4-16-10-19(11-16)31-14-17-12-23(26(38)25(17)37)36-9-8-20-27(30)32-15-33-28(20)36/h5-6,8-9,13,15-17,19,23,25-26,31,37-38H,4,7,10-12,14H2,1-3H3,(H,34,35)(H2,30,32,33)/t16?,17-,19?,23-,25-,26+/m1/s1. The average Bonchev–Trinajstić information content (AvgIpc) is 3.54. The van der Waals surface area contributed by atoms with E-state index in [0.717, 1.165) is 47.9 Å². The van der Waals surface area contributed by atoms with E-state index in [2.05, 4.69) is 59.2 Å². The van der Waals surface area contributed by atoms with Crippen LogP contribution >= 0.6 is 0 Å². The fraction of sp³-hybridized carbons (Fsp3) is 0.552. The zero-order valence-electron chi connectivity index (χ0n) is 22.4. The number of aromatic nitrogens is 5. The smallest absolute Gasteiger partial charge is 0.145 e. The highest BCUT2D eigenvalue weighted by atomic mass is 16.3. The van der Waals surface area contributed by atoms with E-state index in [9.17, 15) is 10.2 Å². The van der Waals surface area contributed by atoms with Crippen molar-refractivity contribution in [3.63, 3.8) is 0 Å². The first-order valence-corrected chi connectivity index (χ1v) is 13.8. The number of nitrogens with zero attached hydrogens (tertiary/aromatic N) is 4. The maximum Gasteiger partial charge on any atom is 0.145 e. The molecular weight excluding hydrogens is 478 g/mol. The first kappa shape index (κ1) is 25.3. The maximum absolute atomic E-state index is 10.8. The summed E-state index contributed by atoms with van der Waals surface area (Å²) in [6.07, 6.45) is 6.76. The van der Waals surface area contributed by atoms with Crippen LogP contribution in [0.15, 0.2) is 36.8 Å². The molecule has 3 aromatic heterocycles. The minimum atomic E-state index is -0.842. The van der Waals surface area contributed by atoms with Crippen LogP contribution in [-0.2, 0) is 11.8 Å². The highest BCUT2D eigenvalue weighted by Gasteiger charge is 2.43. The van der Waals surface area contributed by atoms with Crippen LogP contribution in [-0.4, -0.2) is 59.5 Å². The molecule has 0 spiro atoms. The van der Waals surface area contributed by atoms with Crippen molar-refractivity contribution in [3.8, 4) is 0 Å².